The standard InChI is InChI=1S/C14H12FNO4/c1-16-6-10(14(19)20)13(18)12(11(16)7-17)8-2-4-9(15)5-3-8/h2-6,17H,7H2,1H3,(H,19,20). The molecule has 0 radical (unpaired) electrons. The zero-order valence-corrected chi connectivity index (χ0v) is 10.6. The van der Waals surface area contributed by atoms with E-state index in [1.165, 1.54) is 35.9 Å². The number of aryl methyl sites for hydroxylation is 1. The number of hydrogen-bond donors (Lipinski definition) is 2. The molecule has 0 saturated heterocycles. The van der Waals surface area contributed by atoms with Crippen molar-refractivity contribution >= 4 is 5.97 Å². The molecule has 2 N–H and O–H groups in total. The number of hydrogen-bond acceptors (Lipinski definition) is 3. The predicted octanol–water partition coefficient (Wildman–Crippen LogP) is 1.38. The molecule has 0 spiro atoms. The Balaban J connectivity index is 2.82. The van der Waals surface area contributed by atoms with Crippen LogP contribution < -0.4 is 5.43 Å². The summed E-state index contributed by atoms with van der Waals surface area (Å²) in [5, 5.41) is 18.4. The summed E-state index contributed by atoms with van der Waals surface area (Å²) in [7, 11) is 1.53. The van der Waals surface area contributed by atoms with E-state index in [0.29, 0.717) is 5.56 Å². The van der Waals surface area contributed by atoms with Crippen LogP contribution in [-0.4, -0.2) is 20.7 Å². The van der Waals surface area contributed by atoms with Crippen LogP contribution in [0.3, 0.4) is 0 Å². The molecule has 0 saturated carbocycles. The summed E-state index contributed by atoms with van der Waals surface area (Å²) in [6.07, 6.45) is 1.16. The molecule has 1 aromatic carbocycles. The molecular formula is C14H12FNO4. The third kappa shape index (κ3) is 2.33. The number of nitrogens with zero attached hydrogens (tertiary/aromatic N) is 1. The van der Waals surface area contributed by atoms with Crippen LogP contribution in [0.25, 0.3) is 11.1 Å². The average Bonchev–Trinajstić information content (AvgIpc) is 2.41. The highest BCUT2D eigenvalue weighted by Crippen LogP contribution is 2.21. The zero-order valence-electron chi connectivity index (χ0n) is 10.6. The molecule has 1 aromatic heterocycles. The minimum absolute atomic E-state index is 0.0647. The smallest absolute Gasteiger partial charge is 0.341 e. The molecule has 0 atom stereocenters. The summed E-state index contributed by atoms with van der Waals surface area (Å²) in [4.78, 5) is 23.3. The van der Waals surface area contributed by atoms with E-state index < -0.39 is 29.4 Å². The number of carbonyl (C=O) groups is 1. The highest BCUT2D eigenvalue weighted by molar-refractivity contribution is 5.89. The molecule has 20 heavy (non-hydrogen) atoms. The second-order valence-electron chi connectivity index (χ2n) is 4.27. The van der Waals surface area contributed by atoms with Crippen LogP contribution in [0.15, 0.2) is 35.3 Å². The Hall–Kier alpha value is -2.47. The molecule has 0 bridgehead atoms. The van der Waals surface area contributed by atoms with Crippen LogP contribution in [0, 0.1) is 5.82 Å². The van der Waals surface area contributed by atoms with E-state index in [-0.39, 0.29) is 11.3 Å². The Morgan fingerprint density at radius 3 is 2.40 bits per heavy atom. The summed E-state index contributed by atoms with van der Waals surface area (Å²) in [5.74, 6) is -1.82. The van der Waals surface area contributed by atoms with Gasteiger partial charge in [-0.3, -0.25) is 4.79 Å². The van der Waals surface area contributed by atoms with Crippen molar-refractivity contribution < 1.29 is 19.4 Å². The van der Waals surface area contributed by atoms with Gasteiger partial charge in [0, 0.05) is 13.2 Å². The van der Waals surface area contributed by atoms with Crippen molar-refractivity contribution in [3.63, 3.8) is 0 Å². The molecule has 0 fully saturated rings. The van der Waals surface area contributed by atoms with E-state index in [0.717, 1.165) is 6.20 Å². The molecular weight excluding hydrogens is 265 g/mol. The van der Waals surface area contributed by atoms with Crippen molar-refractivity contribution in [2.45, 2.75) is 6.61 Å². The quantitative estimate of drug-likeness (QED) is 0.888. The first-order valence-corrected chi connectivity index (χ1v) is 5.78. The van der Waals surface area contributed by atoms with Gasteiger partial charge in [0.1, 0.15) is 11.4 Å². The summed E-state index contributed by atoms with van der Waals surface area (Å²) in [6.45, 7) is -0.432. The molecule has 0 amide bonds. The third-order valence-corrected chi connectivity index (χ3v) is 3.02. The number of carboxylic acid groups (broad SMARTS) is 1. The number of aromatic carboxylic acids is 1. The van der Waals surface area contributed by atoms with Gasteiger partial charge in [0.05, 0.1) is 17.9 Å². The highest BCUT2D eigenvalue weighted by atomic mass is 19.1. The van der Waals surface area contributed by atoms with Crippen molar-refractivity contribution in [3.05, 3.63) is 57.8 Å². The number of aliphatic hydroxyl groups is 1. The summed E-state index contributed by atoms with van der Waals surface area (Å²) >= 11 is 0. The van der Waals surface area contributed by atoms with E-state index in [2.05, 4.69) is 0 Å². The van der Waals surface area contributed by atoms with Gasteiger partial charge in [-0.05, 0) is 17.7 Å². The lowest BCUT2D eigenvalue weighted by Gasteiger charge is -2.13. The first-order chi connectivity index (χ1) is 9.45. The number of halogens is 1. The average molecular weight is 277 g/mol. The highest BCUT2D eigenvalue weighted by Gasteiger charge is 2.19. The van der Waals surface area contributed by atoms with Crippen LogP contribution in [0.1, 0.15) is 16.1 Å². The minimum Gasteiger partial charge on any atom is -0.477 e. The number of carboxylic acids is 1. The van der Waals surface area contributed by atoms with Crippen LogP contribution >= 0.6 is 0 Å². The van der Waals surface area contributed by atoms with Crippen LogP contribution in [-0.2, 0) is 13.7 Å². The number of rotatable bonds is 3. The number of aromatic nitrogens is 1. The molecule has 0 unspecified atom stereocenters. The maximum absolute atomic E-state index is 12.9. The molecule has 1 heterocycles. The summed E-state index contributed by atoms with van der Waals surface area (Å²) < 4.78 is 14.3. The number of benzene rings is 1. The van der Waals surface area contributed by atoms with E-state index in [4.69, 9.17) is 5.11 Å². The Morgan fingerprint density at radius 2 is 1.90 bits per heavy atom. The SMILES string of the molecule is Cn1cc(C(=O)O)c(=O)c(-c2ccc(F)cc2)c1CO. The first kappa shape index (κ1) is 14.0. The monoisotopic (exact) mass is 277 g/mol. The lowest BCUT2D eigenvalue weighted by molar-refractivity contribution is 0.0694. The topological polar surface area (TPSA) is 79.5 Å². The van der Waals surface area contributed by atoms with E-state index in [9.17, 15) is 19.1 Å². The van der Waals surface area contributed by atoms with Crippen molar-refractivity contribution in [1.82, 2.24) is 4.57 Å². The number of aliphatic hydroxyl groups excluding tert-OH is 1. The van der Waals surface area contributed by atoms with Gasteiger partial charge >= 0.3 is 5.97 Å². The third-order valence-electron chi connectivity index (χ3n) is 3.02. The van der Waals surface area contributed by atoms with Gasteiger partial charge in [-0.15, -0.1) is 0 Å². The second kappa shape index (κ2) is 5.26. The lowest BCUT2D eigenvalue weighted by atomic mass is 10.0. The van der Waals surface area contributed by atoms with Crippen molar-refractivity contribution in [3.8, 4) is 11.1 Å². The van der Waals surface area contributed by atoms with Crippen molar-refractivity contribution in [2.75, 3.05) is 0 Å². The van der Waals surface area contributed by atoms with Gasteiger partial charge < -0.3 is 14.8 Å². The van der Waals surface area contributed by atoms with Gasteiger partial charge in [0.2, 0.25) is 5.43 Å². The largest absolute Gasteiger partial charge is 0.477 e. The van der Waals surface area contributed by atoms with Crippen molar-refractivity contribution in [1.29, 1.82) is 0 Å². The Labute approximate surface area is 113 Å². The van der Waals surface area contributed by atoms with E-state index >= 15 is 0 Å². The van der Waals surface area contributed by atoms with E-state index in [1.807, 2.05) is 0 Å². The maximum atomic E-state index is 12.9. The van der Waals surface area contributed by atoms with Gasteiger partial charge in [0.25, 0.3) is 0 Å². The Morgan fingerprint density at radius 1 is 1.30 bits per heavy atom. The molecule has 0 aliphatic rings. The van der Waals surface area contributed by atoms with Crippen LogP contribution in [0.2, 0.25) is 0 Å². The summed E-state index contributed by atoms with van der Waals surface area (Å²) in [5.41, 5.74) is -0.407. The maximum Gasteiger partial charge on any atom is 0.341 e. The molecule has 2 rings (SSSR count). The molecule has 104 valence electrons. The van der Waals surface area contributed by atoms with E-state index in [1.54, 1.807) is 0 Å². The molecule has 6 heteroatoms. The zero-order chi connectivity index (χ0) is 14.9. The molecule has 0 aliphatic heterocycles. The molecule has 5 nitrogen and oxygen atoms in total. The van der Waals surface area contributed by atoms with Gasteiger partial charge in [0.15, 0.2) is 0 Å². The lowest BCUT2D eigenvalue weighted by Crippen LogP contribution is -2.22. The fraction of sp³-hybridized carbons (Fsp3) is 0.143. The fourth-order valence-corrected chi connectivity index (χ4v) is 2.03. The fourth-order valence-electron chi connectivity index (χ4n) is 2.03. The number of pyridine rings is 1. The van der Waals surface area contributed by atoms with Gasteiger partial charge in [-0.25, -0.2) is 9.18 Å². The Kier molecular flexibility index (Phi) is 3.67. The predicted molar refractivity (Wildman–Crippen MR) is 70.0 cm³/mol. The van der Waals surface area contributed by atoms with Gasteiger partial charge in [-0.1, -0.05) is 12.1 Å². The molecule has 2 aromatic rings. The Bertz CT molecular complexity index is 719. The second-order valence-corrected chi connectivity index (χ2v) is 4.27. The van der Waals surface area contributed by atoms with Crippen molar-refractivity contribution in [2.24, 2.45) is 7.05 Å². The normalized spacial score (nSPS) is 10.6. The van der Waals surface area contributed by atoms with Crippen LogP contribution in [0.5, 0.6) is 0 Å². The van der Waals surface area contributed by atoms with Crippen LogP contribution in [0.4, 0.5) is 4.39 Å². The van der Waals surface area contributed by atoms with Gasteiger partial charge in [-0.2, -0.15) is 0 Å². The molecule has 0 aliphatic carbocycles. The minimum atomic E-state index is -1.35. The summed E-state index contributed by atoms with van der Waals surface area (Å²) in [6, 6.07) is 5.08. The first-order valence-electron chi connectivity index (χ1n) is 5.78.